The van der Waals surface area contributed by atoms with Crippen molar-refractivity contribution in [3.05, 3.63) is 35.6 Å². The van der Waals surface area contributed by atoms with Crippen LogP contribution in [0.25, 0.3) is 0 Å². The van der Waals surface area contributed by atoms with E-state index in [1.165, 1.54) is 6.07 Å². The van der Waals surface area contributed by atoms with Crippen molar-refractivity contribution >= 4 is 6.09 Å². The zero-order valence-electron chi connectivity index (χ0n) is 13.1. The van der Waals surface area contributed by atoms with Crippen molar-refractivity contribution in [1.29, 1.82) is 0 Å². The Bertz CT molecular complexity index is 543. The standard InChI is InChI=1S/C16H22FNO4/c1-15(2,3)22-14(20)18-16(10-21-9-11(16)8-19)12-6-4-5-7-13(12)17/h4-7,11,19H,8-10H2,1-3H3,(H,18,20)/t11-,16+/m0/s1. The quantitative estimate of drug-likeness (QED) is 0.898. The first kappa shape index (κ1) is 16.7. The molecule has 1 aromatic carbocycles. The lowest BCUT2D eigenvalue weighted by molar-refractivity contribution is 0.0392. The molecule has 0 spiro atoms. The molecule has 1 aliphatic rings. The largest absolute Gasteiger partial charge is 0.444 e. The van der Waals surface area contributed by atoms with Crippen molar-refractivity contribution < 1.29 is 23.8 Å². The van der Waals surface area contributed by atoms with E-state index < -0.39 is 29.0 Å². The van der Waals surface area contributed by atoms with Gasteiger partial charge in [-0.05, 0) is 26.8 Å². The Balaban J connectivity index is 2.36. The number of carbonyl (C=O) groups is 1. The summed E-state index contributed by atoms with van der Waals surface area (Å²) in [5.41, 5.74) is -1.52. The van der Waals surface area contributed by atoms with Crippen molar-refractivity contribution in [3.8, 4) is 0 Å². The molecule has 1 amide bonds. The summed E-state index contributed by atoms with van der Waals surface area (Å²) in [6, 6.07) is 6.16. The molecule has 0 saturated carbocycles. The topological polar surface area (TPSA) is 67.8 Å². The van der Waals surface area contributed by atoms with Crippen molar-refractivity contribution in [2.45, 2.75) is 31.9 Å². The highest BCUT2D eigenvalue weighted by atomic mass is 19.1. The molecule has 1 saturated heterocycles. The molecule has 1 fully saturated rings. The molecule has 122 valence electrons. The molecular formula is C16H22FNO4. The SMILES string of the molecule is CC(C)(C)OC(=O)N[C@]1(c2ccccc2F)COC[C@@H]1CO. The third-order valence-corrected chi connectivity index (χ3v) is 3.64. The van der Waals surface area contributed by atoms with Crippen molar-refractivity contribution in [2.24, 2.45) is 5.92 Å². The monoisotopic (exact) mass is 311 g/mol. The maximum absolute atomic E-state index is 14.3. The summed E-state index contributed by atoms with van der Waals surface area (Å²) in [7, 11) is 0. The fraction of sp³-hybridized carbons (Fsp3) is 0.562. The fourth-order valence-corrected chi connectivity index (χ4v) is 2.64. The molecular weight excluding hydrogens is 289 g/mol. The first-order valence-electron chi connectivity index (χ1n) is 7.23. The molecule has 1 aliphatic heterocycles. The number of hydrogen-bond donors (Lipinski definition) is 2. The van der Waals surface area contributed by atoms with Crippen molar-refractivity contribution in [1.82, 2.24) is 5.32 Å². The minimum atomic E-state index is -1.14. The van der Waals surface area contributed by atoms with Crippen LogP contribution in [-0.4, -0.2) is 36.6 Å². The molecule has 2 atom stereocenters. The highest BCUT2D eigenvalue weighted by Gasteiger charge is 2.48. The summed E-state index contributed by atoms with van der Waals surface area (Å²) in [5.74, 6) is -0.903. The highest BCUT2D eigenvalue weighted by molar-refractivity contribution is 5.69. The van der Waals surface area contributed by atoms with Crippen LogP contribution in [0.15, 0.2) is 24.3 Å². The normalized spacial score (nSPS) is 25.0. The second-order valence-electron chi connectivity index (χ2n) is 6.47. The molecule has 2 rings (SSSR count). The summed E-state index contributed by atoms with van der Waals surface area (Å²) in [6.45, 7) is 5.33. The zero-order chi connectivity index (χ0) is 16.4. The summed E-state index contributed by atoms with van der Waals surface area (Å²) >= 11 is 0. The number of aliphatic hydroxyl groups excluding tert-OH is 1. The fourth-order valence-electron chi connectivity index (χ4n) is 2.64. The van der Waals surface area contributed by atoms with Gasteiger partial charge in [-0.2, -0.15) is 0 Å². The van der Waals surface area contributed by atoms with Crippen molar-refractivity contribution in [3.63, 3.8) is 0 Å². The van der Waals surface area contributed by atoms with Gasteiger partial charge in [0.05, 0.1) is 19.8 Å². The summed E-state index contributed by atoms with van der Waals surface area (Å²) in [6.07, 6.45) is -0.667. The van der Waals surface area contributed by atoms with E-state index in [1.54, 1.807) is 39.0 Å². The van der Waals surface area contributed by atoms with Gasteiger partial charge in [0, 0.05) is 11.5 Å². The highest BCUT2D eigenvalue weighted by Crippen LogP contribution is 2.37. The number of carbonyl (C=O) groups excluding carboxylic acids is 1. The molecule has 0 bridgehead atoms. The van der Waals surface area contributed by atoms with Gasteiger partial charge in [0.15, 0.2) is 0 Å². The van der Waals surface area contributed by atoms with E-state index in [9.17, 15) is 14.3 Å². The minimum Gasteiger partial charge on any atom is -0.444 e. The lowest BCUT2D eigenvalue weighted by Gasteiger charge is -2.35. The molecule has 1 heterocycles. The molecule has 0 aromatic heterocycles. The third kappa shape index (κ3) is 3.39. The Kier molecular flexibility index (Phi) is 4.72. The number of amides is 1. The van der Waals surface area contributed by atoms with Gasteiger partial charge in [-0.1, -0.05) is 18.2 Å². The lowest BCUT2D eigenvalue weighted by atomic mass is 9.80. The summed E-state index contributed by atoms with van der Waals surface area (Å²) < 4.78 is 24.9. The third-order valence-electron chi connectivity index (χ3n) is 3.64. The van der Waals surface area contributed by atoms with Crippen LogP contribution in [0.1, 0.15) is 26.3 Å². The zero-order valence-corrected chi connectivity index (χ0v) is 13.1. The Labute approximate surface area is 129 Å². The lowest BCUT2D eigenvalue weighted by Crippen LogP contribution is -2.53. The minimum absolute atomic E-state index is 0.0817. The number of aliphatic hydroxyl groups is 1. The molecule has 1 aromatic rings. The van der Waals surface area contributed by atoms with Gasteiger partial charge in [-0.3, -0.25) is 0 Å². The van der Waals surface area contributed by atoms with Crippen molar-refractivity contribution in [2.75, 3.05) is 19.8 Å². The molecule has 2 N–H and O–H groups in total. The number of alkyl carbamates (subject to hydrolysis) is 1. The van der Waals surface area contributed by atoms with Gasteiger partial charge in [0.2, 0.25) is 0 Å². The molecule has 0 aliphatic carbocycles. The number of rotatable bonds is 3. The second-order valence-corrected chi connectivity index (χ2v) is 6.47. The second kappa shape index (κ2) is 6.22. The summed E-state index contributed by atoms with van der Waals surface area (Å²) in [4.78, 5) is 12.2. The Hall–Kier alpha value is -1.66. The van der Waals surface area contributed by atoms with E-state index in [-0.39, 0.29) is 25.4 Å². The van der Waals surface area contributed by atoms with Crippen LogP contribution in [0.5, 0.6) is 0 Å². The first-order valence-corrected chi connectivity index (χ1v) is 7.23. The number of hydrogen-bond acceptors (Lipinski definition) is 4. The number of nitrogens with one attached hydrogen (secondary N) is 1. The van der Waals surface area contributed by atoms with E-state index in [0.717, 1.165) is 0 Å². The van der Waals surface area contributed by atoms with Crippen LogP contribution in [0.2, 0.25) is 0 Å². The molecule has 22 heavy (non-hydrogen) atoms. The van der Waals surface area contributed by atoms with Gasteiger partial charge in [0.25, 0.3) is 0 Å². The van der Waals surface area contributed by atoms with Crippen LogP contribution in [0, 0.1) is 11.7 Å². The van der Waals surface area contributed by atoms with Gasteiger partial charge in [-0.15, -0.1) is 0 Å². The van der Waals surface area contributed by atoms with E-state index in [4.69, 9.17) is 9.47 Å². The van der Waals surface area contributed by atoms with E-state index in [0.29, 0.717) is 0 Å². The predicted molar refractivity (Wildman–Crippen MR) is 78.8 cm³/mol. The van der Waals surface area contributed by atoms with E-state index >= 15 is 0 Å². The van der Waals surface area contributed by atoms with Crippen LogP contribution in [0.3, 0.4) is 0 Å². The molecule has 0 unspecified atom stereocenters. The maximum Gasteiger partial charge on any atom is 0.408 e. The van der Waals surface area contributed by atoms with Gasteiger partial charge in [0.1, 0.15) is 17.0 Å². The Morgan fingerprint density at radius 2 is 2.18 bits per heavy atom. The van der Waals surface area contributed by atoms with Gasteiger partial charge < -0.3 is 19.9 Å². The predicted octanol–water partition coefficient (Wildman–Crippen LogP) is 2.18. The van der Waals surface area contributed by atoms with E-state index in [1.807, 2.05) is 0 Å². The van der Waals surface area contributed by atoms with Crippen LogP contribution >= 0.6 is 0 Å². The maximum atomic E-state index is 14.3. The van der Waals surface area contributed by atoms with Gasteiger partial charge in [-0.25, -0.2) is 9.18 Å². The van der Waals surface area contributed by atoms with E-state index in [2.05, 4.69) is 5.32 Å². The van der Waals surface area contributed by atoms with Crippen LogP contribution in [-0.2, 0) is 15.0 Å². The molecule has 6 heteroatoms. The first-order chi connectivity index (χ1) is 10.3. The average molecular weight is 311 g/mol. The molecule has 5 nitrogen and oxygen atoms in total. The van der Waals surface area contributed by atoms with Crippen LogP contribution < -0.4 is 5.32 Å². The number of benzene rings is 1. The Morgan fingerprint density at radius 1 is 1.50 bits per heavy atom. The molecule has 0 radical (unpaired) electrons. The average Bonchev–Trinajstić information content (AvgIpc) is 2.80. The smallest absolute Gasteiger partial charge is 0.408 e. The number of ether oxygens (including phenoxy) is 2. The number of halogens is 1. The Morgan fingerprint density at radius 3 is 2.77 bits per heavy atom. The summed E-state index contributed by atoms with van der Waals surface area (Å²) in [5, 5.41) is 12.3. The van der Waals surface area contributed by atoms with Gasteiger partial charge >= 0.3 is 6.09 Å². The van der Waals surface area contributed by atoms with Crippen LogP contribution in [0.4, 0.5) is 9.18 Å².